The standard InChI is InChI=1S/C11H13NO2/c1-13-9-3-4-10-8(7-9)5-6-12-11(10)14-2/h3-4,7H,5-6H2,1-2H3. The highest BCUT2D eigenvalue weighted by atomic mass is 16.5. The third-order valence-electron chi connectivity index (χ3n) is 2.37. The summed E-state index contributed by atoms with van der Waals surface area (Å²) in [5, 5.41) is 0. The van der Waals surface area contributed by atoms with Crippen molar-refractivity contribution in [2.75, 3.05) is 20.8 Å². The number of nitrogens with zero attached hydrogens (tertiary/aromatic N) is 1. The maximum Gasteiger partial charge on any atom is 0.216 e. The van der Waals surface area contributed by atoms with E-state index in [1.807, 2.05) is 18.2 Å². The van der Waals surface area contributed by atoms with Crippen molar-refractivity contribution in [2.24, 2.45) is 4.99 Å². The monoisotopic (exact) mass is 191 g/mol. The molecule has 0 atom stereocenters. The summed E-state index contributed by atoms with van der Waals surface area (Å²) < 4.78 is 10.4. The molecule has 0 aliphatic carbocycles. The second kappa shape index (κ2) is 3.70. The number of ether oxygens (including phenoxy) is 2. The lowest BCUT2D eigenvalue weighted by molar-refractivity contribution is 0.399. The predicted molar refractivity (Wildman–Crippen MR) is 55.1 cm³/mol. The van der Waals surface area contributed by atoms with Crippen molar-refractivity contribution >= 4 is 5.90 Å². The van der Waals surface area contributed by atoms with Crippen LogP contribution in [0.25, 0.3) is 0 Å². The van der Waals surface area contributed by atoms with Gasteiger partial charge in [0.25, 0.3) is 0 Å². The van der Waals surface area contributed by atoms with E-state index in [9.17, 15) is 0 Å². The molecule has 0 N–H and O–H groups in total. The molecule has 0 saturated carbocycles. The summed E-state index contributed by atoms with van der Waals surface area (Å²) >= 11 is 0. The lowest BCUT2D eigenvalue weighted by atomic mass is 10.0. The first-order valence-electron chi connectivity index (χ1n) is 4.61. The van der Waals surface area contributed by atoms with Gasteiger partial charge in [0.2, 0.25) is 5.90 Å². The molecule has 3 heteroatoms. The number of benzene rings is 1. The first kappa shape index (κ1) is 9.06. The number of fused-ring (bicyclic) bond motifs is 1. The summed E-state index contributed by atoms with van der Waals surface area (Å²) in [5.41, 5.74) is 2.33. The van der Waals surface area contributed by atoms with E-state index >= 15 is 0 Å². The number of hydrogen-bond acceptors (Lipinski definition) is 3. The fourth-order valence-corrected chi connectivity index (χ4v) is 1.65. The maximum absolute atomic E-state index is 5.20. The van der Waals surface area contributed by atoms with Crippen LogP contribution in [-0.4, -0.2) is 26.7 Å². The molecule has 1 aromatic rings. The molecular weight excluding hydrogens is 178 g/mol. The number of methoxy groups -OCH3 is 2. The van der Waals surface area contributed by atoms with Crippen molar-refractivity contribution in [1.29, 1.82) is 0 Å². The van der Waals surface area contributed by atoms with Crippen LogP contribution in [0.2, 0.25) is 0 Å². The smallest absolute Gasteiger partial charge is 0.216 e. The Kier molecular flexibility index (Phi) is 2.39. The Bertz CT molecular complexity index is 372. The zero-order valence-electron chi connectivity index (χ0n) is 8.41. The van der Waals surface area contributed by atoms with Crippen LogP contribution in [-0.2, 0) is 11.2 Å². The molecule has 3 nitrogen and oxygen atoms in total. The zero-order chi connectivity index (χ0) is 9.97. The zero-order valence-corrected chi connectivity index (χ0v) is 8.41. The normalized spacial score (nSPS) is 14.3. The van der Waals surface area contributed by atoms with Gasteiger partial charge in [0.05, 0.1) is 14.2 Å². The van der Waals surface area contributed by atoms with E-state index in [1.165, 1.54) is 5.56 Å². The van der Waals surface area contributed by atoms with Crippen LogP contribution in [0.5, 0.6) is 5.75 Å². The Morgan fingerprint density at radius 3 is 2.79 bits per heavy atom. The molecule has 0 unspecified atom stereocenters. The second-order valence-corrected chi connectivity index (χ2v) is 3.16. The van der Waals surface area contributed by atoms with Gasteiger partial charge in [-0.15, -0.1) is 0 Å². The van der Waals surface area contributed by atoms with Gasteiger partial charge in [0, 0.05) is 12.1 Å². The molecule has 0 spiro atoms. The Morgan fingerprint density at radius 1 is 1.21 bits per heavy atom. The minimum absolute atomic E-state index is 0.730. The highest BCUT2D eigenvalue weighted by molar-refractivity contribution is 5.96. The number of rotatable bonds is 1. The molecular formula is C11H13NO2. The first-order valence-corrected chi connectivity index (χ1v) is 4.61. The third kappa shape index (κ3) is 1.45. The van der Waals surface area contributed by atoms with Crippen LogP contribution in [0.15, 0.2) is 23.2 Å². The van der Waals surface area contributed by atoms with Gasteiger partial charge in [-0.1, -0.05) is 0 Å². The molecule has 74 valence electrons. The van der Waals surface area contributed by atoms with Gasteiger partial charge in [-0.25, -0.2) is 0 Å². The van der Waals surface area contributed by atoms with Crippen LogP contribution < -0.4 is 4.74 Å². The van der Waals surface area contributed by atoms with E-state index in [-0.39, 0.29) is 0 Å². The van der Waals surface area contributed by atoms with Crippen molar-refractivity contribution in [3.05, 3.63) is 29.3 Å². The molecule has 0 saturated heterocycles. The molecule has 1 aliphatic heterocycles. The SMILES string of the molecule is COC1=NCCc2cc(OC)ccc21. The van der Waals surface area contributed by atoms with Crippen molar-refractivity contribution in [1.82, 2.24) is 0 Å². The van der Waals surface area contributed by atoms with Crippen LogP contribution in [0, 0.1) is 0 Å². The fourth-order valence-electron chi connectivity index (χ4n) is 1.65. The van der Waals surface area contributed by atoms with E-state index in [4.69, 9.17) is 9.47 Å². The van der Waals surface area contributed by atoms with Gasteiger partial charge >= 0.3 is 0 Å². The van der Waals surface area contributed by atoms with E-state index in [1.54, 1.807) is 14.2 Å². The number of hydrogen-bond donors (Lipinski definition) is 0. The lowest BCUT2D eigenvalue weighted by Gasteiger charge is -2.16. The molecule has 1 aromatic carbocycles. The topological polar surface area (TPSA) is 30.8 Å². The van der Waals surface area contributed by atoms with Crippen molar-refractivity contribution in [3.8, 4) is 5.75 Å². The van der Waals surface area contributed by atoms with Gasteiger partial charge in [-0.05, 0) is 30.2 Å². The Hall–Kier alpha value is -1.51. The van der Waals surface area contributed by atoms with Gasteiger partial charge in [-0.2, -0.15) is 0 Å². The van der Waals surface area contributed by atoms with Crippen LogP contribution >= 0.6 is 0 Å². The average molecular weight is 191 g/mol. The van der Waals surface area contributed by atoms with Gasteiger partial charge in [0.15, 0.2) is 0 Å². The lowest BCUT2D eigenvalue weighted by Crippen LogP contribution is -2.14. The predicted octanol–water partition coefficient (Wildman–Crippen LogP) is 1.64. The number of aliphatic imine (C=N–C) groups is 1. The molecule has 1 heterocycles. The summed E-state index contributed by atoms with van der Waals surface area (Å²) in [5.74, 6) is 1.62. The first-order chi connectivity index (χ1) is 6.85. The van der Waals surface area contributed by atoms with Gasteiger partial charge in [0.1, 0.15) is 5.75 Å². The molecule has 0 radical (unpaired) electrons. The second-order valence-electron chi connectivity index (χ2n) is 3.16. The largest absolute Gasteiger partial charge is 0.497 e. The molecule has 0 aromatic heterocycles. The fraction of sp³-hybridized carbons (Fsp3) is 0.364. The highest BCUT2D eigenvalue weighted by Gasteiger charge is 2.14. The van der Waals surface area contributed by atoms with E-state index in [2.05, 4.69) is 4.99 Å². The Morgan fingerprint density at radius 2 is 2.07 bits per heavy atom. The Balaban J connectivity index is 2.43. The molecule has 1 aliphatic rings. The summed E-state index contributed by atoms with van der Waals surface area (Å²) in [7, 11) is 3.33. The summed E-state index contributed by atoms with van der Waals surface area (Å²) in [4.78, 5) is 4.30. The molecule has 0 bridgehead atoms. The van der Waals surface area contributed by atoms with Crippen LogP contribution in [0.1, 0.15) is 11.1 Å². The van der Waals surface area contributed by atoms with E-state index in [0.717, 1.165) is 30.2 Å². The van der Waals surface area contributed by atoms with Crippen LogP contribution in [0.3, 0.4) is 0 Å². The van der Waals surface area contributed by atoms with Crippen LogP contribution in [0.4, 0.5) is 0 Å². The summed E-state index contributed by atoms with van der Waals surface area (Å²) in [6, 6.07) is 5.97. The highest BCUT2D eigenvalue weighted by Crippen LogP contribution is 2.21. The van der Waals surface area contributed by atoms with E-state index < -0.39 is 0 Å². The molecule has 0 amide bonds. The quantitative estimate of drug-likeness (QED) is 0.675. The maximum atomic E-state index is 5.20. The average Bonchev–Trinajstić information content (AvgIpc) is 2.27. The van der Waals surface area contributed by atoms with Crippen molar-refractivity contribution in [3.63, 3.8) is 0 Å². The third-order valence-corrected chi connectivity index (χ3v) is 2.37. The minimum Gasteiger partial charge on any atom is -0.497 e. The van der Waals surface area contributed by atoms with Gasteiger partial charge < -0.3 is 9.47 Å². The minimum atomic E-state index is 0.730. The summed E-state index contributed by atoms with van der Waals surface area (Å²) in [6.07, 6.45) is 0.958. The Labute approximate surface area is 83.4 Å². The van der Waals surface area contributed by atoms with Gasteiger partial charge in [-0.3, -0.25) is 4.99 Å². The molecule has 0 fully saturated rings. The van der Waals surface area contributed by atoms with Crippen molar-refractivity contribution in [2.45, 2.75) is 6.42 Å². The molecule has 14 heavy (non-hydrogen) atoms. The van der Waals surface area contributed by atoms with Crippen molar-refractivity contribution < 1.29 is 9.47 Å². The molecule has 2 rings (SSSR count). The van der Waals surface area contributed by atoms with E-state index in [0.29, 0.717) is 0 Å². The summed E-state index contributed by atoms with van der Waals surface area (Å²) in [6.45, 7) is 0.795.